The van der Waals surface area contributed by atoms with Crippen molar-refractivity contribution in [3.05, 3.63) is 70.7 Å². The molecule has 0 aliphatic carbocycles. The van der Waals surface area contributed by atoms with Crippen LogP contribution < -0.4 is 0 Å². The van der Waals surface area contributed by atoms with Crippen molar-refractivity contribution in [2.45, 2.75) is 12.5 Å². The quantitative estimate of drug-likeness (QED) is 0.665. The van der Waals surface area contributed by atoms with E-state index < -0.39 is 0 Å². The number of halogens is 2. The van der Waals surface area contributed by atoms with Gasteiger partial charge in [-0.1, -0.05) is 70.0 Å². The fourth-order valence-electron chi connectivity index (χ4n) is 2.31. The van der Waals surface area contributed by atoms with E-state index in [9.17, 15) is 0 Å². The Morgan fingerprint density at radius 3 is 2.30 bits per heavy atom. The van der Waals surface area contributed by atoms with Crippen molar-refractivity contribution in [1.29, 1.82) is 0 Å². The highest BCUT2D eigenvalue weighted by molar-refractivity contribution is 9.09. The molecule has 0 spiro atoms. The maximum Gasteiger partial charge on any atom is 0.0406 e. The molecule has 1 nitrogen and oxygen atoms in total. The van der Waals surface area contributed by atoms with Gasteiger partial charge in [0.15, 0.2) is 0 Å². The normalized spacial score (nSPS) is 12.6. The fourth-order valence-corrected chi connectivity index (χ4v) is 3.02. The van der Waals surface area contributed by atoms with Gasteiger partial charge in [0, 0.05) is 29.4 Å². The Morgan fingerprint density at radius 1 is 1.05 bits per heavy atom. The lowest BCUT2D eigenvalue weighted by molar-refractivity contribution is 0.311. The average Bonchev–Trinajstić information content (AvgIpc) is 2.48. The molecule has 20 heavy (non-hydrogen) atoms. The van der Waals surface area contributed by atoms with Crippen molar-refractivity contribution in [2.24, 2.45) is 0 Å². The summed E-state index contributed by atoms with van der Waals surface area (Å²) in [5, 5.41) is 1.76. The highest BCUT2D eigenvalue weighted by Crippen LogP contribution is 2.20. The van der Waals surface area contributed by atoms with Gasteiger partial charge in [-0.2, -0.15) is 0 Å². The van der Waals surface area contributed by atoms with E-state index in [-0.39, 0.29) is 0 Å². The molecule has 0 radical (unpaired) electrons. The minimum absolute atomic E-state index is 0.508. The van der Waals surface area contributed by atoms with E-state index in [1.807, 2.05) is 12.1 Å². The van der Waals surface area contributed by atoms with Crippen molar-refractivity contribution < 1.29 is 0 Å². The van der Waals surface area contributed by atoms with Crippen LogP contribution in [0.5, 0.6) is 0 Å². The molecule has 0 aliphatic rings. The summed E-state index contributed by atoms with van der Waals surface area (Å²) in [5.74, 6) is 0.508. The molecule has 2 aromatic rings. The molecule has 106 valence electrons. The number of alkyl halides is 1. The van der Waals surface area contributed by atoms with E-state index in [0.29, 0.717) is 5.92 Å². The van der Waals surface area contributed by atoms with Crippen molar-refractivity contribution in [2.75, 3.05) is 18.9 Å². The largest absolute Gasteiger partial charge is 0.301 e. The molecule has 0 amide bonds. The average molecular weight is 353 g/mol. The summed E-state index contributed by atoms with van der Waals surface area (Å²) in [5.41, 5.74) is 2.67. The predicted octanol–water partition coefficient (Wildman–Crippen LogP) is 4.95. The Bertz CT molecular complexity index is 512. The first kappa shape index (κ1) is 15.6. The number of likely N-dealkylation sites (N-methyl/N-ethyl adjacent to an activating group) is 1. The number of hydrogen-bond donors (Lipinski definition) is 0. The maximum atomic E-state index is 5.92. The fraction of sp³-hybridized carbons (Fsp3) is 0.294. The summed E-state index contributed by atoms with van der Waals surface area (Å²) in [6, 6.07) is 18.7. The van der Waals surface area contributed by atoms with Crippen molar-refractivity contribution in [3.63, 3.8) is 0 Å². The zero-order valence-corrected chi connectivity index (χ0v) is 13.9. The minimum Gasteiger partial charge on any atom is -0.301 e. The van der Waals surface area contributed by atoms with Gasteiger partial charge < -0.3 is 4.90 Å². The van der Waals surface area contributed by atoms with E-state index >= 15 is 0 Å². The first-order valence-corrected chi connectivity index (χ1v) is 8.23. The van der Waals surface area contributed by atoms with Crippen molar-refractivity contribution in [1.82, 2.24) is 4.90 Å². The molecule has 0 N–H and O–H groups in total. The van der Waals surface area contributed by atoms with E-state index in [0.717, 1.165) is 23.4 Å². The van der Waals surface area contributed by atoms with Gasteiger partial charge in [-0.05, 0) is 30.3 Å². The maximum absolute atomic E-state index is 5.92. The second-order valence-corrected chi connectivity index (χ2v) is 6.17. The van der Waals surface area contributed by atoms with Gasteiger partial charge in [0.05, 0.1) is 0 Å². The van der Waals surface area contributed by atoms with Crippen LogP contribution in [0.2, 0.25) is 5.02 Å². The molecule has 0 saturated carbocycles. The second kappa shape index (κ2) is 7.82. The van der Waals surface area contributed by atoms with Crippen LogP contribution in [0.25, 0.3) is 0 Å². The summed E-state index contributed by atoms with van der Waals surface area (Å²) < 4.78 is 0. The second-order valence-electron chi connectivity index (χ2n) is 5.09. The topological polar surface area (TPSA) is 3.24 Å². The SMILES string of the molecule is CN(Cc1ccc(Cl)cc1)CC(CBr)c1ccccc1. The standard InChI is InChI=1S/C17H19BrClN/c1-20(12-14-7-9-17(19)10-8-14)13-16(11-18)15-5-3-2-4-6-15/h2-10,16H,11-13H2,1H3. The lowest BCUT2D eigenvalue weighted by Gasteiger charge is -2.23. The van der Waals surface area contributed by atoms with Crippen molar-refractivity contribution in [3.8, 4) is 0 Å². The van der Waals surface area contributed by atoms with Gasteiger partial charge in [0.2, 0.25) is 0 Å². The van der Waals surface area contributed by atoms with Gasteiger partial charge in [0.1, 0.15) is 0 Å². The summed E-state index contributed by atoms with van der Waals surface area (Å²) in [7, 11) is 2.16. The monoisotopic (exact) mass is 351 g/mol. The van der Waals surface area contributed by atoms with E-state index in [2.05, 4.69) is 70.3 Å². The highest BCUT2D eigenvalue weighted by Gasteiger charge is 2.12. The molecule has 0 fully saturated rings. The Hall–Kier alpha value is -0.830. The molecule has 0 heterocycles. The van der Waals surface area contributed by atoms with Crippen LogP contribution in [-0.2, 0) is 6.54 Å². The number of hydrogen-bond acceptors (Lipinski definition) is 1. The number of rotatable bonds is 6. The Morgan fingerprint density at radius 2 is 1.70 bits per heavy atom. The molecule has 0 bridgehead atoms. The highest BCUT2D eigenvalue weighted by atomic mass is 79.9. The van der Waals surface area contributed by atoms with Crippen LogP contribution in [-0.4, -0.2) is 23.8 Å². The van der Waals surface area contributed by atoms with Crippen LogP contribution >= 0.6 is 27.5 Å². The number of nitrogens with zero attached hydrogens (tertiary/aromatic N) is 1. The molecule has 2 aromatic carbocycles. The molecular weight excluding hydrogens is 334 g/mol. The van der Waals surface area contributed by atoms with Crippen LogP contribution in [0.3, 0.4) is 0 Å². The van der Waals surface area contributed by atoms with Crippen molar-refractivity contribution >= 4 is 27.5 Å². The van der Waals surface area contributed by atoms with E-state index in [1.165, 1.54) is 11.1 Å². The summed E-state index contributed by atoms with van der Waals surface area (Å²) in [6.45, 7) is 1.96. The third kappa shape index (κ3) is 4.62. The molecule has 1 unspecified atom stereocenters. The summed E-state index contributed by atoms with van der Waals surface area (Å²) in [4.78, 5) is 2.35. The molecule has 1 atom stereocenters. The van der Waals surface area contributed by atoms with E-state index in [4.69, 9.17) is 11.6 Å². The van der Waals surface area contributed by atoms with E-state index in [1.54, 1.807) is 0 Å². The lowest BCUT2D eigenvalue weighted by atomic mass is 10.0. The molecule has 0 saturated heterocycles. The van der Waals surface area contributed by atoms with Gasteiger partial charge in [-0.25, -0.2) is 0 Å². The van der Waals surface area contributed by atoms with Gasteiger partial charge in [-0.15, -0.1) is 0 Å². The van der Waals surface area contributed by atoms with Gasteiger partial charge >= 0.3 is 0 Å². The molecule has 0 aromatic heterocycles. The van der Waals surface area contributed by atoms with Crippen LogP contribution in [0.15, 0.2) is 54.6 Å². The zero-order valence-electron chi connectivity index (χ0n) is 11.6. The zero-order chi connectivity index (χ0) is 14.4. The third-order valence-corrected chi connectivity index (χ3v) is 4.39. The van der Waals surface area contributed by atoms with Crippen LogP contribution in [0.4, 0.5) is 0 Å². The molecule has 3 heteroatoms. The smallest absolute Gasteiger partial charge is 0.0406 e. The third-order valence-electron chi connectivity index (χ3n) is 3.36. The predicted molar refractivity (Wildman–Crippen MR) is 90.8 cm³/mol. The summed E-state index contributed by atoms with van der Waals surface area (Å²) >= 11 is 9.55. The Labute approximate surface area is 134 Å². The summed E-state index contributed by atoms with van der Waals surface area (Å²) in [6.07, 6.45) is 0. The van der Waals surface area contributed by atoms with Crippen LogP contribution in [0.1, 0.15) is 17.0 Å². The first-order chi connectivity index (χ1) is 9.69. The van der Waals surface area contributed by atoms with Crippen LogP contribution in [0, 0.1) is 0 Å². The van der Waals surface area contributed by atoms with Gasteiger partial charge in [0.25, 0.3) is 0 Å². The molecular formula is C17H19BrClN. The lowest BCUT2D eigenvalue weighted by Crippen LogP contribution is -2.25. The Kier molecular flexibility index (Phi) is 6.08. The molecule has 2 rings (SSSR count). The molecule has 0 aliphatic heterocycles. The van der Waals surface area contributed by atoms with Gasteiger partial charge in [-0.3, -0.25) is 0 Å². The number of benzene rings is 2. The first-order valence-electron chi connectivity index (χ1n) is 6.73. The minimum atomic E-state index is 0.508. The Balaban J connectivity index is 1.95.